The van der Waals surface area contributed by atoms with Gasteiger partial charge in [-0.25, -0.2) is 29.2 Å². The van der Waals surface area contributed by atoms with Crippen LogP contribution in [0.5, 0.6) is 0 Å². The third-order valence-corrected chi connectivity index (χ3v) is 4.76. The van der Waals surface area contributed by atoms with E-state index in [4.69, 9.17) is 14.9 Å². The summed E-state index contributed by atoms with van der Waals surface area (Å²) in [6.45, 7) is 15.6. The standard InChI is InChI=1S/C12H14O3.C9H8O3.C4H8O.C3H5.BrH.Mg/c1-3-4-11(13)10-7-9(12(14)15)6-5-8(10)2;1-6-2-3-7(9(11)12)4-8(6)5-10;1-2-4-5-3-1;1-3-2;;/h3,5-7,11,13H,1,4H2,2H3,(H,14,15);2-5H,1H3,(H,11,12);1-4H2;3H,1-2H2;1H;/q;;;-1;;+2/p-1. The normalized spacial score (nSPS) is 11.5. The number of aryl methyl sites for hydroxylation is 2. The van der Waals surface area contributed by atoms with Gasteiger partial charge in [0.15, 0.2) is 0 Å². The van der Waals surface area contributed by atoms with Crippen molar-refractivity contribution >= 4 is 41.3 Å². The average molecular weight is 588 g/mol. The number of aromatic carboxylic acids is 2. The maximum Gasteiger partial charge on any atom is 2.00 e. The topological polar surface area (TPSA) is 121 Å². The van der Waals surface area contributed by atoms with E-state index in [9.17, 15) is 19.5 Å². The number of allylic oxidation sites excluding steroid dienone is 1. The number of aliphatic hydroxyl groups excluding tert-OH is 1. The van der Waals surface area contributed by atoms with Crippen molar-refractivity contribution in [2.45, 2.75) is 39.2 Å². The number of benzene rings is 2. The molecular formula is C28H35BrMgO7. The van der Waals surface area contributed by atoms with Gasteiger partial charge in [0, 0.05) is 18.8 Å². The Balaban J connectivity index is -0.000000468. The minimum absolute atomic E-state index is 0. The Morgan fingerprint density at radius 3 is 1.84 bits per heavy atom. The van der Waals surface area contributed by atoms with Gasteiger partial charge in [-0.15, -0.1) is 6.58 Å². The van der Waals surface area contributed by atoms with E-state index >= 15 is 0 Å². The van der Waals surface area contributed by atoms with E-state index in [0.29, 0.717) is 23.8 Å². The summed E-state index contributed by atoms with van der Waals surface area (Å²) < 4.78 is 4.94. The largest absolute Gasteiger partial charge is 2.00 e. The summed E-state index contributed by atoms with van der Waals surface area (Å²) in [6.07, 6.45) is 6.06. The molecule has 7 nitrogen and oxygen atoms in total. The first kappa shape index (κ1) is 39.1. The summed E-state index contributed by atoms with van der Waals surface area (Å²) in [6, 6.07) is 9.20. The van der Waals surface area contributed by atoms with E-state index < -0.39 is 18.0 Å². The predicted octanol–water partition coefficient (Wildman–Crippen LogP) is 2.23. The summed E-state index contributed by atoms with van der Waals surface area (Å²) in [4.78, 5) is 31.6. The minimum atomic E-state index is -1.02. The van der Waals surface area contributed by atoms with Crippen LogP contribution >= 0.6 is 0 Å². The van der Waals surface area contributed by atoms with E-state index in [1.165, 1.54) is 43.2 Å². The Bertz CT molecular complexity index is 981. The molecule has 1 aliphatic heterocycles. The number of carboxylic acids is 2. The second-order valence-corrected chi connectivity index (χ2v) is 7.52. The van der Waals surface area contributed by atoms with Crippen LogP contribution in [0, 0.1) is 20.8 Å². The van der Waals surface area contributed by atoms with Gasteiger partial charge in [0.2, 0.25) is 0 Å². The molecule has 0 saturated carbocycles. The Morgan fingerprint density at radius 1 is 1.00 bits per heavy atom. The van der Waals surface area contributed by atoms with Crippen LogP contribution in [0.15, 0.2) is 61.7 Å². The zero-order valence-electron chi connectivity index (χ0n) is 21.5. The van der Waals surface area contributed by atoms with Crippen LogP contribution in [0.3, 0.4) is 0 Å². The van der Waals surface area contributed by atoms with E-state index in [-0.39, 0.29) is 51.2 Å². The van der Waals surface area contributed by atoms with Crippen molar-refractivity contribution in [1.29, 1.82) is 0 Å². The first-order valence-corrected chi connectivity index (χ1v) is 11.0. The zero-order chi connectivity index (χ0) is 26.8. The van der Waals surface area contributed by atoms with Crippen LogP contribution in [0.25, 0.3) is 0 Å². The number of halogens is 1. The molecule has 0 amide bonds. The number of hydrogen-bond acceptors (Lipinski definition) is 5. The molecule has 1 atom stereocenters. The average Bonchev–Trinajstić information content (AvgIpc) is 3.41. The molecule has 198 valence electrons. The Labute approximate surface area is 246 Å². The Kier molecular flexibility index (Phi) is 24.0. The molecule has 37 heavy (non-hydrogen) atoms. The molecule has 9 heteroatoms. The van der Waals surface area contributed by atoms with Crippen LogP contribution in [0.1, 0.15) is 73.1 Å². The molecule has 3 rings (SSSR count). The molecule has 2 aromatic carbocycles. The summed E-state index contributed by atoms with van der Waals surface area (Å²) >= 11 is 0. The molecule has 0 spiro atoms. The molecule has 0 aromatic heterocycles. The summed E-state index contributed by atoms with van der Waals surface area (Å²) in [7, 11) is 0. The Hall–Kier alpha value is -2.43. The van der Waals surface area contributed by atoms with Gasteiger partial charge >= 0.3 is 35.0 Å². The molecule has 2 aromatic rings. The van der Waals surface area contributed by atoms with Crippen molar-refractivity contribution in [2.24, 2.45) is 0 Å². The van der Waals surface area contributed by atoms with Gasteiger partial charge in [-0.05, 0) is 74.1 Å². The van der Waals surface area contributed by atoms with Crippen molar-refractivity contribution < 1.29 is 51.4 Å². The molecule has 0 bridgehead atoms. The molecule has 0 radical (unpaired) electrons. The van der Waals surface area contributed by atoms with Crippen molar-refractivity contribution in [3.63, 3.8) is 0 Å². The molecule has 3 N–H and O–H groups in total. The van der Waals surface area contributed by atoms with Crippen molar-refractivity contribution in [3.8, 4) is 0 Å². The van der Waals surface area contributed by atoms with E-state index in [0.717, 1.165) is 24.3 Å². The smallest absolute Gasteiger partial charge is 1.00 e. The monoisotopic (exact) mass is 586 g/mol. The first-order valence-electron chi connectivity index (χ1n) is 11.0. The molecule has 1 aliphatic rings. The number of aldehydes is 1. The molecule has 1 fully saturated rings. The van der Waals surface area contributed by atoms with Gasteiger partial charge in [-0.1, -0.05) is 18.2 Å². The molecule has 1 heterocycles. The fourth-order valence-electron chi connectivity index (χ4n) is 2.83. The van der Waals surface area contributed by atoms with Gasteiger partial charge in [0.25, 0.3) is 0 Å². The van der Waals surface area contributed by atoms with Gasteiger partial charge in [-0.3, -0.25) is 4.79 Å². The summed E-state index contributed by atoms with van der Waals surface area (Å²) in [5.41, 5.74) is 3.08. The number of carbonyl (C=O) groups is 3. The summed E-state index contributed by atoms with van der Waals surface area (Å²) in [5.74, 6) is -2.00. The number of ether oxygens (including phenoxy) is 1. The van der Waals surface area contributed by atoms with Gasteiger partial charge in [0.05, 0.1) is 17.2 Å². The van der Waals surface area contributed by atoms with Crippen LogP contribution in [0.4, 0.5) is 0 Å². The number of rotatable bonds is 6. The predicted molar refractivity (Wildman–Crippen MR) is 143 cm³/mol. The second-order valence-electron chi connectivity index (χ2n) is 7.52. The van der Waals surface area contributed by atoms with E-state index in [2.05, 4.69) is 20.1 Å². The van der Waals surface area contributed by atoms with Crippen LogP contribution in [0.2, 0.25) is 0 Å². The molecular weight excluding hydrogens is 553 g/mol. The number of carbonyl (C=O) groups excluding carboxylic acids is 1. The number of hydrogen-bond donors (Lipinski definition) is 3. The molecule has 1 saturated heterocycles. The number of carboxylic acid groups (broad SMARTS) is 2. The SMILES string of the molecule is C1CCOC1.C=CCC(O)c1cc(C(=O)O)ccc1C.C=C[CH2-].Cc1ccc(C(=O)O)cc1C=O.[Br-].[Mg+2]. The van der Waals surface area contributed by atoms with Gasteiger partial charge in [0.1, 0.15) is 6.29 Å². The van der Waals surface area contributed by atoms with Crippen molar-refractivity contribution in [1.82, 2.24) is 0 Å². The van der Waals surface area contributed by atoms with E-state index in [1.54, 1.807) is 25.1 Å². The van der Waals surface area contributed by atoms with Crippen LogP contribution in [-0.2, 0) is 4.74 Å². The van der Waals surface area contributed by atoms with Gasteiger partial charge < -0.3 is 37.0 Å². The summed E-state index contributed by atoms with van der Waals surface area (Å²) in [5, 5.41) is 27.1. The van der Waals surface area contributed by atoms with Crippen molar-refractivity contribution in [3.05, 3.63) is 102 Å². The molecule has 1 unspecified atom stereocenters. The zero-order valence-corrected chi connectivity index (χ0v) is 24.5. The fourth-order valence-corrected chi connectivity index (χ4v) is 2.83. The van der Waals surface area contributed by atoms with Crippen LogP contribution < -0.4 is 17.0 Å². The van der Waals surface area contributed by atoms with Crippen LogP contribution in [-0.4, -0.2) is 69.8 Å². The first-order chi connectivity index (χ1) is 16.6. The van der Waals surface area contributed by atoms with Crippen molar-refractivity contribution in [2.75, 3.05) is 13.2 Å². The fraction of sp³-hybridized carbons (Fsp3) is 0.286. The second kappa shape index (κ2) is 22.7. The maximum atomic E-state index is 10.7. The van der Waals surface area contributed by atoms with Gasteiger partial charge in [-0.2, -0.15) is 0 Å². The number of aliphatic hydroxyl groups is 1. The third kappa shape index (κ3) is 16.1. The van der Waals surface area contributed by atoms with E-state index in [1.807, 2.05) is 6.92 Å². The third-order valence-electron chi connectivity index (χ3n) is 4.76. The maximum absolute atomic E-state index is 10.7. The molecule has 0 aliphatic carbocycles. The minimum Gasteiger partial charge on any atom is -1.00 e. The Morgan fingerprint density at radius 2 is 1.46 bits per heavy atom. The quantitative estimate of drug-likeness (QED) is 0.205.